The number of fused-ring (bicyclic) bond motifs is 1. The van der Waals surface area contributed by atoms with E-state index in [0.717, 1.165) is 22.9 Å². The summed E-state index contributed by atoms with van der Waals surface area (Å²) in [6.07, 6.45) is 2.44. The molecule has 0 aromatic heterocycles. The van der Waals surface area contributed by atoms with Crippen LogP contribution in [0.5, 0.6) is 0 Å². The Morgan fingerprint density at radius 3 is 2.83 bits per heavy atom. The number of carboxylic acid groups (broad SMARTS) is 1. The van der Waals surface area contributed by atoms with Crippen LogP contribution in [0.1, 0.15) is 30.9 Å². The van der Waals surface area contributed by atoms with Crippen molar-refractivity contribution < 1.29 is 15.0 Å². The van der Waals surface area contributed by atoms with Gasteiger partial charge in [0, 0.05) is 10.4 Å². The van der Waals surface area contributed by atoms with Gasteiger partial charge in [-0.3, -0.25) is 0 Å². The highest BCUT2D eigenvalue weighted by atomic mass is 79.9. The number of benzene rings is 1. The van der Waals surface area contributed by atoms with Crippen molar-refractivity contribution in [2.75, 3.05) is 0 Å². The van der Waals surface area contributed by atoms with Crippen molar-refractivity contribution in [3.63, 3.8) is 0 Å². The third kappa shape index (κ3) is 2.31. The third-order valence-electron chi connectivity index (χ3n) is 3.98. The summed E-state index contributed by atoms with van der Waals surface area (Å²) >= 11 is 3.44. The number of hydrogen-bond acceptors (Lipinski definition) is 2. The minimum Gasteiger partial charge on any atom is -0.479 e. The van der Waals surface area contributed by atoms with Gasteiger partial charge in [-0.15, -0.1) is 0 Å². The minimum absolute atomic E-state index is 0.200. The fraction of sp³-hybridized carbons (Fsp3) is 0.500. The van der Waals surface area contributed by atoms with Crippen LogP contribution >= 0.6 is 15.9 Å². The average molecular weight is 313 g/mol. The van der Waals surface area contributed by atoms with E-state index in [0.29, 0.717) is 6.42 Å². The first kappa shape index (κ1) is 13.6. The van der Waals surface area contributed by atoms with Gasteiger partial charge in [0.15, 0.2) is 5.60 Å². The Balaban J connectivity index is 2.26. The lowest BCUT2D eigenvalue weighted by Gasteiger charge is -2.35. The fourth-order valence-electron chi connectivity index (χ4n) is 2.75. The van der Waals surface area contributed by atoms with Crippen molar-refractivity contribution in [2.24, 2.45) is 5.92 Å². The minimum atomic E-state index is -1.59. The van der Waals surface area contributed by atoms with Gasteiger partial charge in [-0.2, -0.15) is 0 Å². The van der Waals surface area contributed by atoms with E-state index in [1.807, 2.05) is 12.1 Å². The topological polar surface area (TPSA) is 57.5 Å². The third-order valence-corrected chi connectivity index (χ3v) is 4.47. The molecular weight excluding hydrogens is 296 g/mol. The van der Waals surface area contributed by atoms with Crippen molar-refractivity contribution in [3.8, 4) is 0 Å². The van der Waals surface area contributed by atoms with Crippen LogP contribution in [0, 0.1) is 5.92 Å². The molecule has 4 heteroatoms. The standard InChI is InChI=1S/C14H17BrO3/c1-2-14(18,13(16)17)11-5-3-10-8-12(15)6-4-9(10)7-11/h4,6,8,11,18H,2-3,5,7H2,1H3,(H,16,17). The van der Waals surface area contributed by atoms with Gasteiger partial charge in [0.2, 0.25) is 0 Å². The van der Waals surface area contributed by atoms with Crippen molar-refractivity contribution in [2.45, 2.75) is 38.2 Å². The zero-order chi connectivity index (χ0) is 13.3. The Kier molecular flexibility index (Phi) is 3.78. The molecule has 3 nitrogen and oxygen atoms in total. The molecule has 0 amide bonds. The number of halogens is 1. The van der Waals surface area contributed by atoms with Crippen LogP contribution in [-0.2, 0) is 17.6 Å². The molecule has 0 bridgehead atoms. The van der Waals surface area contributed by atoms with Gasteiger partial charge < -0.3 is 10.2 Å². The highest BCUT2D eigenvalue weighted by molar-refractivity contribution is 9.10. The van der Waals surface area contributed by atoms with Crippen LogP contribution in [0.4, 0.5) is 0 Å². The van der Waals surface area contributed by atoms with Gasteiger partial charge in [-0.1, -0.05) is 28.9 Å². The molecular formula is C14H17BrO3. The summed E-state index contributed by atoms with van der Waals surface area (Å²) in [6, 6.07) is 6.06. The Bertz CT molecular complexity index is 472. The molecule has 0 radical (unpaired) electrons. The molecule has 1 aliphatic rings. The van der Waals surface area contributed by atoms with Crippen molar-refractivity contribution in [1.29, 1.82) is 0 Å². The number of aliphatic hydroxyl groups is 1. The number of aryl methyl sites for hydroxylation is 1. The highest BCUT2D eigenvalue weighted by Crippen LogP contribution is 2.35. The lowest BCUT2D eigenvalue weighted by Crippen LogP contribution is -2.47. The molecule has 0 saturated carbocycles. The summed E-state index contributed by atoms with van der Waals surface area (Å²) in [5.41, 5.74) is 0.817. The van der Waals surface area contributed by atoms with Gasteiger partial charge >= 0.3 is 5.97 Å². The second kappa shape index (κ2) is 5.02. The van der Waals surface area contributed by atoms with Crippen LogP contribution in [0.3, 0.4) is 0 Å². The Labute approximate surface area is 115 Å². The predicted octanol–water partition coefficient (Wildman–Crippen LogP) is 2.78. The quantitative estimate of drug-likeness (QED) is 0.902. The molecule has 2 N–H and O–H groups in total. The number of rotatable bonds is 3. The molecule has 0 aliphatic heterocycles. The monoisotopic (exact) mass is 312 g/mol. The first-order valence-electron chi connectivity index (χ1n) is 6.20. The van der Waals surface area contributed by atoms with Gasteiger partial charge in [-0.05, 0) is 48.9 Å². The molecule has 1 aromatic carbocycles. The maximum absolute atomic E-state index is 11.3. The Hall–Kier alpha value is -0.870. The first-order chi connectivity index (χ1) is 8.47. The molecule has 0 saturated heterocycles. The molecule has 2 atom stereocenters. The van der Waals surface area contributed by atoms with Gasteiger partial charge in [0.25, 0.3) is 0 Å². The molecule has 0 fully saturated rings. The summed E-state index contributed by atoms with van der Waals surface area (Å²) in [5, 5.41) is 19.5. The molecule has 1 aromatic rings. The molecule has 0 spiro atoms. The van der Waals surface area contributed by atoms with E-state index in [4.69, 9.17) is 0 Å². The van der Waals surface area contributed by atoms with Crippen molar-refractivity contribution in [1.82, 2.24) is 0 Å². The zero-order valence-electron chi connectivity index (χ0n) is 10.3. The average Bonchev–Trinajstić information content (AvgIpc) is 2.36. The number of carboxylic acids is 1. The lowest BCUT2D eigenvalue weighted by molar-refractivity contribution is -0.166. The SMILES string of the molecule is CCC(O)(C(=O)O)C1CCc2cc(Br)ccc2C1. The van der Waals surface area contributed by atoms with Gasteiger partial charge in [0.1, 0.15) is 0 Å². The largest absolute Gasteiger partial charge is 0.479 e. The molecule has 18 heavy (non-hydrogen) atoms. The van der Waals surface area contributed by atoms with Crippen molar-refractivity contribution >= 4 is 21.9 Å². The molecule has 1 aliphatic carbocycles. The normalized spacial score (nSPS) is 22.1. The van der Waals surface area contributed by atoms with Crippen LogP contribution in [0.2, 0.25) is 0 Å². The summed E-state index contributed by atoms with van der Waals surface area (Å²) in [6.45, 7) is 1.73. The summed E-state index contributed by atoms with van der Waals surface area (Å²) in [5.74, 6) is -1.30. The molecule has 0 heterocycles. The maximum atomic E-state index is 11.3. The van der Waals surface area contributed by atoms with Crippen LogP contribution in [0.15, 0.2) is 22.7 Å². The number of aliphatic carboxylic acids is 1. The fourth-order valence-corrected chi connectivity index (χ4v) is 3.15. The summed E-state index contributed by atoms with van der Waals surface area (Å²) in [4.78, 5) is 11.3. The second-order valence-electron chi connectivity index (χ2n) is 4.94. The maximum Gasteiger partial charge on any atom is 0.335 e. The predicted molar refractivity (Wildman–Crippen MR) is 72.5 cm³/mol. The van der Waals surface area contributed by atoms with Crippen LogP contribution in [-0.4, -0.2) is 21.8 Å². The van der Waals surface area contributed by atoms with Gasteiger partial charge in [0.05, 0.1) is 0 Å². The smallest absolute Gasteiger partial charge is 0.335 e. The van der Waals surface area contributed by atoms with E-state index in [9.17, 15) is 15.0 Å². The van der Waals surface area contributed by atoms with Crippen LogP contribution in [0.25, 0.3) is 0 Å². The molecule has 2 rings (SSSR count). The Morgan fingerprint density at radius 1 is 1.50 bits per heavy atom. The number of carbonyl (C=O) groups is 1. The van der Waals surface area contributed by atoms with E-state index in [2.05, 4.69) is 22.0 Å². The molecule has 98 valence electrons. The highest BCUT2D eigenvalue weighted by Gasteiger charge is 2.43. The summed E-state index contributed by atoms with van der Waals surface area (Å²) in [7, 11) is 0. The lowest BCUT2D eigenvalue weighted by atomic mass is 9.73. The van der Waals surface area contributed by atoms with E-state index < -0.39 is 11.6 Å². The second-order valence-corrected chi connectivity index (χ2v) is 5.85. The summed E-state index contributed by atoms with van der Waals surface area (Å²) < 4.78 is 1.05. The van der Waals surface area contributed by atoms with E-state index >= 15 is 0 Å². The van der Waals surface area contributed by atoms with E-state index in [-0.39, 0.29) is 12.3 Å². The van der Waals surface area contributed by atoms with E-state index in [1.165, 1.54) is 5.56 Å². The first-order valence-corrected chi connectivity index (χ1v) is 6.99. The van der Waals surface area contributed by atoms with Crippen molar-refractivity contribution in [3.05, 3.63) is 33.8 Å². The molecule has 2 unspecified atom stereocenters. The van der Waals surface area contributed by atoms with Crippen LogP contribution < -0.4 is 0 Å². The number of hydrogen-bond donors (Lipinski definition) is 2. The zero-order valence-corrected chi connectivity index (χ0v) is 11.9. The van der Waals surface area contributed by atoms with Gasteiger partial charge in [-0.25, -0.2) is 4.79 Å². The Morgan fingerprint density at radius 2 is 2.22 bits per heavy atom. The van der Waals surface area contributed by atoms with E-state index in [1.54, 1.807) is 6.92 Å².